The van der Waals surface area contributed by atoms with Gasteiger partial charge in [-0.2, -0.15) is 0 Å². The van der Waals surface area contributed by atoms with Gasteiger partial charge in [-0.3, -0.25) is 9.78 Å². The summed E-state index contributed by atoms with van der Waals surface area (Å²) in [6.07, 6.45) is 8.88. The first-order valence-electron chi connectivity index (χ1n) is 9.66. The average molecular weight is 381 g/mol. The Hall–Kier alpha value is -2.74. The molecular weight excluding hydrogens is 358 g/mol. The molecule has 2 aromatic rings. The smallest absolute Gasteiger partial charge is 0.257 e. The van der Waals surface area contributed by atoms with Crippen LogP contribution in [0.4, 0.5) is 5.82 Å². The van der Waals surface area contributed by atoms with Crippen molar-refractivity contribution in [1.29, 1.82) is 0 Å². The second-order valence-electron chi connectivity index (χ2n) is 7.75. The van der Waals surface area contributed by atoms with E-state index in [1.54, 1.807) is 44.0 Å². The Morgan fingerprint density at radius 3 is 3.11 bits per heavy atom. The van der Waals surface area contributed by atoms with E-state index >= 15 is 0 Å². The third-order valence-corrected chi connectivity index (χ3v) is 6.35. The molecule has 3 fully saturated rings. The van der Waals surface area contributed by atoms with Gasteiger partial charge in [-0.15, -0.1) is 0 Å². The molecule has 8 nitrogen and oxygen atoms in total. The van der Waals surface area contributed by atoms with Crippen molar-refractivity contribution >= 4 is 11.7 Å². The second kappa shape index (κ2) is 6.70. The maximum Gasteiger partial charge on any atom is 0.257 e. The molecule has 8 heteroatoms. The predicted molar refractivity (Wildman–Crippen MR) is 101 cm³/mol. The summed E-state index contributed by atoms with van der Waals surface area (Å²) in [5.41, 5.74) is 0.426. The Balaban J connectivity index is 1.32. The monoisotopic (exact) mass is 381 g/mol. The van der Waals surface area contributed by atoms with Crippen molar-refractivity contribution in [2.24, 2.45) is 11.8 Å². The van der Waals surface area contributed by atoms with Gasteiger partial charge in [0.25, 0.3) is 11.8 Å². The molecule has 5 heterocycles. The first-order chi connectivity index (χ1) is 13.7. The molecule has 28 heavy (non-hydrogen) atoms. The number of hydrogen-bond acceptors (Lipinski definition) is 7. The number of carbonyl (C=O) groups excluding carboxylic acids is 1. The van der Waals surface area contributed by atoms with E-state index in [0.717, 1.165) is 31.7 Å². The van der Waals surface area contributed by atoms with Crippen molar-refractivity contribution in [3.05, 3.63) is 42.5 Å². The van der Waals surface area contributed by atoms with Crippen molar-refractivity contribution in [2.75, 3.05) is 31.6 Å². The molecule has 2 aromatic heterocycles. The molecule has 2 bridgehead atoms. The van der Waals surface area contributed by atoms with Gasteiger partial charge in [0.15, 0.2) is 5.82 Å². The number of methoxy groups -OCH3 is 1. The van der Waals surface area contributed by atoms with Crippen molar-refractivity contribution in [2.45, 2.75) is 24.5 Å². The van der Waals surface area contributed by atoms with Gasteiger partial charge in [0.2, 0.25) is 0 Å². The minimum Gasteiger partial charge on any atom is -0.478 e. The largest absolute Gasteiger partial charge is 0.478 e. The zero-order chi connectivity index (χ0) is 19.1. The molecule has 146 valence electrons. The van der Waals surface area contributed by atoms with Crippen LogP contribution in [0.15, 0.2) is 36.9 Å². The highest BCUT2D eigenvalue weighted by atomic mass is 16.5. The highest BCUT2D eigenvalue weighted by molar-refractivity contribution is 5.93. The number of nitrogens with one attached hydrogen (secondary N) is 1. The molecule has 0 radical (unpaired) electrons. The molecule has 5 rings (SSSR count). The summed E-state index contributed by atoms with van der Waals surface area (Å²) in [6, 6.07) is 3.55. The van der Waals surface area contributed by atoms with Gasteiger partial charge in [-0.25, -0.2) is 9.97 Å². The molecule has 3 aliphatic heterocycles. The number of anilines is 1. The van der Waals surface area contributed by atoms with E-state index in [1.807, 2.05) is 0 Å². The van der Waals surface area contributed by atoms with Crippen molar-refractivity contribution in [3.63, 3.8) is 0 Å². The summed E-state index contributed by atoms with van der Waals surface area (Å²) in [5, 5.41) is 3.08. The first-order valence-corrected chi connectivity index (χ1v) is 9.66. The fraction of sp³-hybridized carbons (Fsp3) is 0.500. The van der Waals surface area contributed by atoms with E-state index in [4.69, 9.17) is 9.47 Å². The number of nitrogens with zero attached hydrogens (tertiary/aromatic N) is 4. The van der Waals surface area contributed by atoms with E-state index < -0.39 is 0 Å². The number of rotatable bonds is 5. The molecule has 0 unspecified atom stereocenters. The van der Waals surface area contributed by atoms with Gasteiger partial charge >= 0.3 is 0 Å². The third-order valence-electron chi connectivity index (χ3n) is 6.35. The predicted octanol–water partition coefficient (Wildman–Crippen LogP) is 1.29. The van der Waals surface area contributed by atoms with Crippen LogP contribution in [0.25, 0.3) is 0 Å². The van der Waals surface area contributed by atoms with Gasteiger partial charge in [-0.05, 0) is 25.0 Å². The molecular formula is C20H23N5O3. The minimum absolute atomic E-state index is 0.0876. The van der Waals surface area contributed by atoms with Crippen LogP contribution in [-0.4, -0.2) is 59.3 Å². The van der Waals surface area contributed by atoms with Gasteiger partial charge in [0.05, 0.1) is 24.4 Å². The molecule has 1 spiro atoms. The topological polar surface area (TPSA) is 89.5 Å². The number of hydrogen-bond donors (Lipinski definition) is 1. The van der Waals surface area contributed by atoms with E-state index in [2.05, 4.69) is 25.2 Å². The van der Waals surface area contributed by atoms with Gasteiger partial charge < -0.3 is 19.7 Å². The molecule has 0 aliphatic carbocycles. The van der Waals surface area contributed by atoms with Crippen LogP contribution in [0.1, 0.15) is 23.2 Å². The Morgan fingerprint density at radius 1 is 1.39 bits per heavy atom. The fourth-order valence-electron chi connectivity index (χ4n) is 5.11. The summed E-state index contributed by atoms with van der Waals surface area (Å²) < 4.78 is 11.9. The Kier molecular flexibility index (Phi) is 4.16. The van der Waals surface area contributed by atoms with Gasteiger partial charge in [0, 0.05) is 56.3 Å². The molecule has 4 atom stereocenters. The van der Waals surface area contributed by atoms with E-state index in [1.165, 1.54) is 0 Å². The molecule has 1 N–H and O–H groups in total. The molecule has 1 amide bonds. The van der Waals surface area contributed by atoms with Crippen molar-refractivity contribution in [1.82, 2.24) is 20.3 Å². The number of pyridine rings is 1. The van der Waals surface area contributed by atoms with Gasteiger partial charge in [0.1, 0.15) is 0 Å². The molecule has 3 aliphatic rings. The average Bonchev–Trinajstić information content (AvgIpc) is 3.41. The highest BCUT2D eigenvalue weighted by Crippen LogP contribution is 2.55. The lowest BCUT2D eigenvalue weighted by molar-refractivity contribution is 0.0141. The van der Waals surface area contributed by atoms with E-state index in [-0.39, 0.29) is 17.6 Å². The highest BCUT2D eigenvalue weighted by Gasteiger charge is 2.63. The van der Waals surface area contributed by atoms with E-state index in [0.29, 0.717) is 29.8 Å². The fourth-order valence-corrected chi connectivity index (χ4v) is 5.11. The maximum atomic E-state index is 12.4. The lowest BCUT2D eigenvalue weighted by atomic mass is 9.73. The molecule has 3 saturated heterocycles. The quantitative estimate of drug-likeness (QED) is 0.835. The van der Waals surface area contributed by atoms with Crippen LogP contribution in [0.5, 0.6) is 5.88 Å². The van der Waals surface area contributed by atoms with E-state index in [9.17, 15) is 4.79 Å². The normalized spacial score (nSPS) is 30.3. The lowest BCUT2D eigenvalue weighted by Crippen LogP contribution is -2.41. The van der Waals surface area contributed by atoms with Crippen LogP contribution < -0.4 is 15.0 Å². The summed E-state index contributed by atoms with van der Waals surface area (Å²) in [4.78, 5) is 27.4. The second-order valence-corrected chi connectivity index (χ2v) is 7.75. The van der Waals surface area contributed by atoms with Crippen molar-refractivity contribution < 1.29 is 14.3 Å². The number of ether oxygens (including phenoxy) is 2. The maximum absolute atomic E-state index is 12.4. The van der Waals surface area contributed by atoms with Crippen molar-refractivity contribution in [3.8, 4) is 5.88 Å². The van der Waals surface area contributed by atoms with Crippen LogP contribution in [0.3, 0.4) is 0 Å². The van der Waals surface area contributed by atoms with Crippen LogP contribution in [0.2, 0.25) is 0 Å². The Morgan fingerprint density at radius 2 is 2.29 bits per heavy atom. The zero-order valence-electron chi connectivity index (χ0n) is 15.7. The summed E-state index contributed by atoms with van der Waals surface area (Å²) in [5.74, 6) is 1.86. The number of amides is 1. The lowest BCUT2D eigenvalue weighted by Gasteiger charge is -2.29. The Bertz CT molecular complexity index is 879. The number of aromatic nitrogens is 3. The summed E-state index contributed by atoms with van der Waals surface area (Å²) >= 11 is 0. The first kappa shape index (κ1) is 17.4. The van der Waals surface area contributed by atoms with Gasteiger partial charge in [-0.1, -0.05) is 0 Å². The van der Waals surface area contributed by atoms with Crippen LogP contribution in [-0.2, 0) is 4.74 Å². The Labute approximate surface area is 163 Å². The minimum atomic E-state index is -0.156. The summed E-state index contributed by atoms with van der Waals surface area (Å²) in [6.45, 7) is 2.23. The third kappa shape index (κ3) is 2.71. The SMILES string of the molecule is COc1nccnc1N1C[C@@H]2[C@H](CNC(=O)c3cccnc3)[C@H]3CC[C@]2(C1)O3. The number of carbonyl (C=O) groups is 1. The molecule has 0 aromatic carbocycles. The van der Waals surface area contributed by atoms with Crippen LogP contribution >= 0.6 is 0 Å². The number of fused-ring (bicyclic) bond motifs is 1. The summed E-state index contributed by atoms with van der Waals surface area (Å²) in [7, 11) is 1.61. The van der Waals surface area contributed by atoms with Crippen LogP contribution in [0, 0.1) is 11.8 Å². The standard InChI is InChI=1S/C20H23N5O3/c1-27-19-17(22-7-8-23-19)25-11-15-14(16-4-5-20(15,12-25)28-16)10-24-18(26)13-3-2-6-21-9-13/h2-3,6-9,14-16H,4-5,10-12H2,1H3,(H,24,26)/t14-,15+,16+,20+/m0/s1. The molecule has 0 saturated carbocycles. The zero-order valence-corrected chi connectivity index (χ0v) is 15.7.